The lowest BCUT2D eigenvalue weighted by molar-refractivity contribution is 0.0470. The Balaban J connectivity index is 2.07. The molecule has 2 aromatic rings. The summed E-state index contributed by atoms with van der Waals surface area (Å²) >= 11 is 0. The summed E-state index contributed by atoms with van der Waals surface area (Å²) in [6.07, 6.45) is 0. The fourth-order valence-corrected chi connectivity index (χ4v) is 1.71. The molecule has 2 aromatic carbocycles. The quantitative estimate of drug-likeness (QED) is 0.695. The van der Waals surface area contributed by atoms with Crippen LogP contribution in [0.3, 0.4) is 0 Å². The van der Waals surface area contributed by atoms with Gasteiger partial charge in [-0.25, -0.2) is 13.6 Å². The second-order valence-corrected chi connectivity index (χ2v) is 4.27. The van der Waals surface area contributed by atoms with Crippen LogP contribution in [0.1, 0.15) is 15.9 Å². The molecule has 0 fully saturated rings. The van der Waals surface area contributed by atoms with Crippen molar-refractivity contribution in [3.8, 4) is 5.75 Å². The van der Waals surface area contributed by atoms with Crippen molar-refractivity contribution in [1.29, 1.82) is 0 Å². The molecule has 21 heavy (non-hydrogen) atoms. The highest BCUT2D eigenvalue weighted by atomic mass is 19.1. The van der Waals surface area contributed by atoms with E-state index in [1.807, 2.05) is 0 Å². The highest BCUT2D eigenvalue weighted by molar-refractivity contribution is 5.94. The minimum absolute atomic E-state index is 0.0322. The predicted octanol–water partition coefficient (Wildman–Crippen LogP) is 2.91. The molecule has 0 spiro atoms. The molecule has 0 amide bonds. The molecular weight excluding hydrogens is 280 g/mol. The van der Waals surface area contributed by atoms with E-state index in [0.29, 0.717) is 5.75 Å². The molecule has 0 radical (unpaired) electrons. The van der Waals surface area contributed by atoms with Crippen LogP contribution >= 0.6 is 0 Å². The second kappa shape index (κ2) is 6.21. The summed E-state index contributed by atoms with van der Waals surface area (Å²) in [5.74, 6) is -1.48. The zero-order valence-corrected chi connectivity index (χ0v) is 11.2. The first-order chi connectivity index (χ1) is 10.0. The lowest BCUT2D eigenvalue weighted by Crippen LogP contribution is -2.09. The number of hydrogen-bond donors (Lipinski definition) is 1. The number of esters is 1. The number of carbonyl (C=O) groups is 1. The van der Waals surface area contributed by atoms with E-state index in [4.69, 9.17) is 15.2 Å². The molecule has 0 atom stereocenters. The van der Waals surface area contributed by atoms with E-state index in [1.54, 1.807) is 6.07 Å². The summed E-state index contributed by atoms with van der Waals surface area (Å²) in [6.45, 7) is -0.258. The number of anilines is 1. The zero-order chi connectivity index (χ0) is 15.4. The van der Waals surface area contributed by atoms with Crippen molar-refractivity contribution in [2.75, 3.05) is 12.8 Å². The molecule has 0 aliphatic heterocycles. The lowest BCUT2D eigenvalue weighted by Gasteiger charge is -2.08. The highest BCUT2D eigenvalue weighted by Gasteiger charge is 2.13. The molecule has 0 aliphatic rings. The van der Waals surface area contributed by atoms with Crippen molar-refractivity contribution < 1.29 is 23.0 Å². The minimum atomic E-state index is -0.747. The van der Waals surface area contributed by atoms with Gasteiger partial charge in [0.2, 0.25) is 0 Å². The fourth-order valence-electron chi connectivity index (χ4n) is 1.71. The van der Waals surface area contributed by atoms with Crippen molar-refractivity contribution in [1.82, 2.24) is 0 Å². The molecule has 0 aromatic heterocycles. The first-order valence-electron chi connectivity index (χ1n) is 6.06. The van der Waals surface area contributed by atoms with Gasteiger partial charge in [0.1, 0.15) is 24.0 Å². The molecule has 4 nitrogen and oxygen atoms in total. The van der Waals surface area contributed by atoms with Crippen LogP contribution in [0.25, 0.3) is 0 Å². The molecule has 2 rings (SSSR count). The molecule has 0 bridgehead atoms. The second-order valence-electron chi connectivity index (χ2n) is 4.27. The fraction of sp³-hybridized carbons (Fsp3) is 0.133. The summed E-state index contributed by atoms with van der Waals surface area (Å²) in [5.41, 5.74) is 5.73. The minimum Gasteiger partial charge on any atom is -0.497 e. The Morgan fingerprint density at radius 1 is 1.19 bits per heavy atom. The molecule has 0 aliphatic carbocycles. The summed E-state index contributed by atoms with van der Waals surface area (Å²) in [5, 5.41) is 0. The first-order valence-corrected chi connectivity index (χ1v) is 6.06. The monoisotopic (exact) mass is 293 g/mol. The van der Waals surface area contributed by atoms with Gasteiger partial charge in [-0.2, -0.15) is 0 Å². The van der Waals surface area contributed by atoms with Crippen molar-refractivity contribution in [2.45, 2.75) is 6.61 Å². The number of carbonyl (C=O) groups excluding carboxylic acids is 1. The van der Waals surface area contributed by atoms with Gasteiger partial charge in [-0.05, 0) is 30.3 Å². The van der Waals surface area contributed by atoms with Gasteiger partial charge < -0.3 is 15.2 Å². The van der Waals surface area contributed by atoms with Gasteiger partial charge >= 0.3 is 5.97 Å². The van der Waals surface area contributed by atoms with Crippen molar-refractivity contribution >= 4 is 11.7 Å². The Morgan fingerprint density at radius 3 is 2.57 bits per heavy atom. The van der Waals surface area contributed by atoms with Gasteiger partial charge in [0.15, 0.2) is 0 Å². The van der Waals surface area contributed by atoms with E-state index in [9.17, 15) is 13.6 Å². The average Bonchev–Trinajstić information content (AvgIpc) is 2.45. The summed E-state index contributed by atoms with van der Waals surface area (Å²) in [4.78, 5) is 11.8. The van der Waals surface area contributed by atoms with Crippen molar-refractivity contribution in [3.05, 3.63) is 59.2 Å². The highest BCUT2D eigenvalue weighted by Crippen LogP contribution is 2.19. The Bertz CT molecular complexity index is 674. The third-order valence-corrected chi connectivity index (χ3v) is 2.85. The van der Waals surface area contributed by atoms with Crippen LogP contribution in [-0.4, -0.2) is 13.1 Å². The molecule has 0 unspecified atom stereocenters. The number of nitrogens with two attached hydrogens (primary N) is 1. The third-order valence-electron chi connectivity index (χ3n) is 2.85. The number of hydrogen-bond acceptors (Lipinski definition) is 4. The average molecular weight is 293 g/mol. The third kappa shape index (κ3) is 3.47. The Morgan fingerprint density at radius 2 is 1.95 bits per heavy atom. The molecule has 6 heteroatoms. The first kappa shape index (κ1) is 14.8. The zero-order valence-electron chi connectivity index (χ0n) is 11.2. The van der Waals surface area contributed by atoms with Crippen LogP contribution in [0.2, 0.25) is 0 Å². The number of nitrogen functional groups attached to an aromatic ring is 1. The molecular formula is C15H13F2NO3. The number of ether oxygens (including phenoxy) is 2. The standard InChI is InChI=1S/C15H13F2NO3/c1-20-11-4-2-9(13(17)7-11)8-21-15(19)12-5-3-10(16)6-14(12)18/h2-7H,8,18H2,1H3. The number of benzene rings is 2. The van der Waals surface area contributed by atoms with Gasteiger partial charge in [-0.1, -0.05) is 0 Å². The van der Waals surface area contributed by atoms with E-state index in [0.717, 1.165) is 12.1 Å². The maximum Gasteiger partial charge on any atom is 0.340 e. The van der Waals surface area contributed by atoms with E-state index in [1.165, 1.54) is 25.3 Å². The number of halogens is 2. The van der Waals surface area contributed by atoms with E-state index in [2.05, 4.69) is 0 Å². The van der Waals surface area contributed by atoms with E-state index < -0.39 is 17.6 Å². The normalized spacial score (nSPS) is 10.2. The lowest BCUT2D eigenvalue weighted by atomic mass is 10.2. The maximum atomic E-state index is 13.7. The van der Waals surface area contributed by atoms with Crippen LogP contribution in [0.15, 0.2) is 36.4 Å². The maximum absolute atomic E-state index is 13.7. The molecule has 2 N–H and O–H groups in total. The van der Waals surface area contributed by atoms with Gasteiger partial charge in [0, 0.05) is 17.3 Å². The van der Waals surface area contributed by atoms with E-state index >= 15 is 0 Å². The Kier molecular flexibility index (Phi) is 4.37. The smallest absolute Gasteiger partial charge is 0.340 e. The van der Waals surface area contributed by atoms with Gasteiger partial charge in [-0.15, -0.1) is 0 Å². The number of rotatable bonds is 4. The van der Waals surface area contributed by atoms with Crippen LogP contribution < -0.4 is 10.5 Å². The van der Waals surface area contributed by atoms with Crippen LogP contribution in [0.4, 0.5) is 14.5 Å². The largest absolute Gasteiger partial charge is 0.497 e. The van der Waals surface area contributed by atoms with Crippen LogP contribution in [0.5, 0.6) is 5.75 Å². The Labute approximate surface area is 120 Å². The number of methoxy groups -OCH3 is 1. The molecule has 0 saturated carbocycles. The van der Waals surface area contributed by atoms with E-state index in [-0.39, 0.29) is 23.4 Å². The summed E-state index contributed by atoms with van der Waals surface area (Å²) < 4.78 is 36.4. The molecule has 110 valence electrons. The van der Waals surface area contributed by atoms with Crippen molar-refractivity contribution in [3.63, 3.8) is 0 Å². The van der Waals surface area contributed by atoms with Crippen molar-refractivity contribution in [2.24, 2.45) is 0 Å². The SMILES string of the molecule is COc1ccc(COC(=O)c2ccc(F)cc2N)c(F)c1. The molecule has 0 saturated heterocycles. The summed E-state index contributed by atoms with van der Waals surface area (Å²) in [6, 6.07) is 7.53. The van der Waals surface area contributed by atoms with Gasteiger partial charge in [0.25, 0.3) is 0 Å². The Hall–Kier alpha value is -2.63. The van der Waals surface area contributed by atoms with Crippen LogP contribution in [-0.2, 0) is 11.3 Å². The molecule has 0 heterocycles. The summed E-state index contributed by atoms with van der Waals surface area (Å²) in [7, 11) is 1.42. The van der Waals surface area contributed by atoms with Gasteiger partial charge in [-0.3, -0.25) is 0 Å². The predicted molar refractivity (Wildman–Crippen MR) is 72.9 cm³/mol. The van der Waals surface area contributed by atoms with Crippen LogP contribution in [0, 0.1) is 11.6 Å². The topological polar surface area (TPSA) is 61.5 Å². The van der Waals surface area contributed by atoms with Gasteiger partial charge in [0.05, 0.1) is 12.7 Å².